The number of rotatable bonds is 20. The fourth-order valence-corrected chi connectivity index (χ4v) is 5.59. The van der Waals surface area contributed by atoms with Gasteiger partial charge < -0.3 is 18.9 Å². The number of fused-ring (bicyclic) bond motifs is 1. The highest BCUT2D eigenvalue weighted by molar-refractivity contribution is 6.28. The normalized spacial score (nSPS) is 19.4. The molecule has 3 rings (SSSR count). The Morgan fingerprint density at radius 1 is 0.936 bits per heavy atom. The van der Waals surface area contributed by atoms with Gasteiger partial charge in [-0.25, -0.2) is 9.78 Å². The van der Waals surface area contributed by atoms with E-state index in [4.69, 9.17) is 30.5 Å². The van der Waals surface area contributed by atoms with Crippen LogP contribution in [0.4, 0.5) is 10.6 Å². The van der Waals surface area contributed by atoms with Gasteiger partial charge in [-0.1, -0.05) is 105 Å². The molecule has 0 unspecified atom stereocenters. The van der Waals surface area contributed by atoms with Crippen molar-refractivity contribution in [3.8, 4) is 0 Å². The molecule has 2 aromatic heterocycles. The number of esters is 2. The van der Waals surface area contributed by atoms with Crippen molar-refractivity contribution in [3.63, 3.8) is 0 Å². The molecule has 0 aliphatic carbocycles. The molecular weight excluding hydrogens is 626 g/mol. The molecule has 0 aromatic carbocycles. The summed E-state index contributed by atoms with van der Waals surface area (Å²) in [6.07, 6.45) is 14.3. The maximum Gasteiger partial charge on any atom is 0.412 e. The van der Waals surface area contributed by atoms with Crippen LogP contribution in [-0.4, -0.2) is 62.5 Å². The number of amides is 1. The van der Waals surface area contributed by atoms with Crippen molar-refractivity contribution >= 4 is 46.6 Å². The van der Waals surface area contributed by atoms with Crippen LogP contribution in [0.25, 0.3) is 11.2 Å². The Hall–Kier alpha value is -2.99. The fraction of sp³-hybridized carbons (Fsp3) is 0.765. The summed E-state index contributed by atoms with van der Waals surface area (Å²) in [5, 5.41) is 2.53. The van der Waals surface area contributed by atoms with Gasteiger partial charge in [-0.2, -0.15) is 9.97 Å². The number of ether oxygens (including phenoxy) is 4. The van der Waals surface area contributed by atoms with Gasteiger partial charge in [-0.05, 0) is 24.9 Å². The summed E-state index contributed by atoms with van der Waals surface area (Å²) in [4.78, 5) is 50.3. The molecular formula is C34H54ClN5O7. The Kier molecular flexibility index (Phi) is 15.6. The number of imidazole rings is 1. The largest absolute Gasteiger partial charge is 0.462 e. The number of hydrogen-bond acceptors (Lipinski definition) is 10. The van der Waals surface area contributed by atoms with Crippen LogP contribution in [0.5, 0.6) is 0 Å². The molecule has 0 saturated carbocycles. The molecule has 1 saturated heterocycles. The molecule has 0 spiro atoms. The van der Waals surface area contributed by atoms with Gasteiger partial charge in [0, 0.05) is 6.42 Å². The van der Waals surface area contributed by atoms with Gasteiger partial charge in [0.1, 0.15) is 24.5 Å². The van der Waals surface area contributed by atoms with E-state index in [9.17, 15) is 14.4 Å². The highest BCUT2D eigenvalue weighted by atomic mass is 35.5. The lowest BCUT2D eigenvalue weighted by molar-refractivity contribution is -0.177. The minimum Gasteiger partial charge on any atom is -0.462 e. The Balaban J connectivity index is 1.55. The molecule has 2 aromatic rings. The molecule has 264 valence electrons. The molecule has 1 N–H and O–H groups in total. The van der Waals surface area contributed by atoms with E-state index < -0.39 is 30.0 Å². The van der Waals surface area contributed by atoms with Gasteiger partial charge in [-0.3, -0.25) is 19.5 Å². The predicted molar refractivity (Wildman–Crippen MR) is 180 cm³/mol. The lowest BCUT2D eigenvalue weighted by Crippen LogP contribution is -2.44. The number of nitrogens with one attached hydrogen (secondary N) is 1. The van der Waals surface area contributed by atoms with E-state index in [2.05, 4.69) is 27.2 Å². The van der Waals surface area contributed by atoms with Gasteiger partial charge in [0.05, 0.1) is 24.8 Å². The summed E-state index contributed by atoms with van der Waals surface area (Å²) in [7, 11) is 0. The molecule has 3 atom stereocenters. The number of carbonyl (C=O) groups excluding carboxylic acids is 3. The van der Waals surface area contributed by atoms with E-state index in [1.165, 1.54) is 64.1 Å². The maximum absolute atomic E-state index is 12.6. The molecule has 3 heterocycles. The molecule has 13 heteroatoms. The van der Waals surface area contributed by atoms with E-state index in [1.807, 2.05) is 0 Å². The summed E-state index contributed by atoms with van der Waals surface area (Å²) in [6, 6.07) is 0. The summed E-state index contributed by atoms with van der Waals surface area (Å²) in [5.74, 6) is -1.36. The van der Waals surface area contributed by atoms with Crippen LogP contribution in [-0.2, 0) is 28.5 Å². The highest BCUT2D eigenvalue weighted by Gasteiger charge is 2.50. The number of halogens is 1. The number of aromatic nitrogens is 4. The van der Waals surface area contributed by atoms with Gasteiger partial charge in [0.2, 0.25) is 5.28 Å². The quantitative estimate of drug-likeness (QED) is 0.0629. The number of hydrogen-bond donors (Lipinski definition) is 1. The van der Waals surface area contributed by atoms with E-state index >= 15 is 0 Å². The average Bonchev–Trinajstić information content (AvgIpc) is 3.59. The third-order valence-electron chi connectivity index (χ3n) is 8.36. The topological polar surface area (TPSA) is 144 Å². The second-order valence-corrected chi connectivity index (χ2v) is 13.6. The molecule has 1 aliphatic heterocycles. The smallest absolute Gasteiger partial charge is 0.412 e. The highest BCUT2D eigenvalue weighted by Crippen LogP contribution is 2.41. The summed E-state index contributed by atoms with van der Waals surface area (Å²) < 4.78 is 24.7. The average molecular weight is 680 g/mol. The van der Waals surface area contributed by atoms with Gasteiger partial charge in [0.15, 0.2) is 17.0 Å². The van der Waals surface area contributed by atoms with Crippen molar-refractivity contribution < 1.29 is 33.3 Å². The summed E-state index contributed by atoms with van der Waals surface area (Å²) >= 11 is 6.26. The van der Waals surface area contributed by atoms with Crippen LogP contribution in [0.1, 0.15) is 131 Å². The number of anilines is 1. The molecule has 0 radical (unpaired) electrons. The molecule has 0 bridgehead atoms. The van der Waals surface area contributed by atoms with Crippen LogP contribution in [0.3, 0.4) is 0 Å². The Morgan fingerprint density at radius 3 is 2.13 bits per heavy atom. The number of carbonyl (C=O) groups is 3. The van der Waals surface area contributed by atoms with E-state index in [1.54, 1.807) is 39.2 Å². The first kappa shape index (κ1) is 38.5. The maximum atomic E-state index is 12.6. The standard InChI is InChI=1S/C34H54ClN5O7/c1-7-8-9-10-11-12-13-14-15-16-17-18-19-44-33(43)38-28-27-29(39-32(35)37-28)40(22-36-27)26-20-25(46-31(42)24(4)5)34(6,47-26)21-45-30(41)23(2)3/h22-26H,7-21H2,1-6H3,(H,37,38,39,43)/t25-,26+,34+/m0/s1. The van der Waals surface area contributed by atoms with Crippen molar-refractivity contribution in [3.05, 3.63) is 11.6 Å². The zero-order valence-corrected chi connectivity index (χ0v) is 29.8. The summed E-state index contributed by atoms with van der Waals surface area (Å²) in [5.41, 5.74) is -0.536. The van der Waals surface area contributed by atoms with Gasteiger partial charge in [-0.15, -0.1) is 0 Å². The van der Waals surface area contributed by atoms with Crippen molar-refractivity contribution in [1.82, 2.24) is 19.5 Å². The number of nitrogens with zero attached hydrogens (tertiary/aromatic N) is 4. The van der Waals surface area contributed by atoms with Crippen molar-refractivity contribution in [2.24, 2.45) is 11.8 Å². The summed E-state index contributed by atoms with van der Waals surface area (Å²) in [6.45, 7) is 11.1. The first-order valence-corrected chi connectivity index (χ1v) is 17.7. The Morgan fingerprint density at radius 2 is 1.53 bits per heavy atom. The molecule has 1 fully saturated rings. The van der Waals surface area contributed by atoms with E-state index in [-0.39, 0.29) is 47.5 Å². The zero-order chi connectivity index (χ0) is 34.4. The first-order chi connectivity index (χ1) is 22.4. The number of unbranched alkanes of at least 4 members (excludes halogenated alkanes) is 11. The Labute approximate surface area is 284 Å². The second kappa shape index (κ2) is 19.1. The van der Waals surface area contributed by atoms with Crippen molar-refractivity contribution in [1.29, 1.82) is 0 Å². The lowest BCUT2D eigenvalue weighted by atomic mass is 9.99. The predicted octanol–water partition coefficient (Wildman–Crippen LogP) is 8.17. The SMILES string of the molecule is CCCCCCCCCCCCCCOC(=O)Nc1nc(Cl)nc2c1ncn2[C@H]1C[C@H](OC(=O)C(C)C)[C@@](C)(COC(=O)C(C)C)O1. The van der Waals surface area contributed by atoms with Crippen LogP contribution >= 0.6 is 11.6 Å². The van der Waals surface area contributed by atoms with Crippen LogP contribution in [0.15, 0.2) is 6.33 Å². The van der Waals surface area contributed by atoms with Crippen LogP contribution < -0.4 is 5.32 Å². The van der Waals surface area contributed by atoms with E-state index in [0.29, 0.717) is 12.3 Å². The Bertz CT molecular complexity index is 1300. The molecule has 47 heavy (non-hydrogen) atoms. The third kappa shape index (κ3) is 11.9. The van der Waals surface area contributed by atoms with Gasteiger partial charge >= 0.3 is 18.0 Å². The second-order valence-electron chi connectivity index (χ2n) is 13.3. The lowest BCUT2D eigenvalue weighted by Gasteiger charge is -2.30. The van der Waals surface area contributed by atoms with Crippen molar-refractivity contribution in [2.45, 2.75) is 143 Å². The van der Waals surface area contributed by atoms with Crippen molar-refractivity contribution in [2.75, 3.05) is 18.5 Å². The van der Waals surface area contributed by atoms with Gasteiger partial charge in [0.25, 0.3) is 0 Å². The fourth-order valence-electron chi connectivity index (χ4n) is 5.42. The minimum atomic E-state index is -1.13. The van der Waals surface area contributed by atoms with Crippen LogP contribution in [0.2, 0.25) is 5.28 Å². The molecule has 1 amide bonds. The van der Waals surface area contributed by atoms with Crippen LogP contribution in [0, 0.1) is 11.8 Å². The zero-order valence-electron chi connectivity index (χ0n) is 29.0. The molecule has 1 aliphatic rings. The third-order valence-corrected chi connectivity index (χ3v) is 8.53. The minimum absolute atomic E-state index is 0.104. The monoisotopic (exact) mass is 679 g/mol. The first-order valence-electron chi connectivity index (χ1n) is 17.3. The van der Waals surface area contributed by atoms with E-state index in [0.717, 1.165) is 19.3 Å². The molecule has 12 nitrogen and oxygen atoms in total.